The zero-order valence-corrected chi connectivity index (χ0v) is 15.2. The lowest BCUT2D eigenvalue weighted by Gasteiger charge is -2.38. The Labute approximate surface area is 137 Å². The predicted molar refractivity (Wildman–Crippen MR) is 95.9 cm³/mol. The molecule has 0 aromatic rings. The average molecular weight is 324 g/mol. The van der Waals surface area contributed by atoms with Gasteiger partial charge < -0.3 is 4.74 Å². The van der Waals surface area contributed by atoms with Crippen LogP contribution in [0.25, 0.3) is 0 Å². The molecule has 0 heterocycles. The Hall–Kier alpha value is -0.360. The highest BCUT2D eigenvalue weighted by Gasteiger charge is 2.30. The van der Waals surface area contributed by atoms with Crippen LogP contribution in [0.3, 0.4) is 0 Å². The van der Waals surface area contributed by atoms with Crippen LogP contribution < -0.4 is 0 Å². The molecule has 2 saturated carbocycles. The molecule has 22 heavy (non-hydrogen) atoms. The molecule has 0 N–H and O–H groups in total. The van der Waals surface area contributed by atoms with Crippen LogP contribution in [0.15, 0.2) is 12.2 Å². The van der Waals surface area contributed by atoms with Gasteiger partial charge in [0.05, 0.1) is 6.61 Å². The molecule has 0 aromatic heterocycles. The van der Waals surface area contributed by atoms with E-state index in [1.54, 1.807) is 6.92 Å². The molecule has 2 nitrogen and oxygen atoms in total. The van der Waals surface area contributed by atoms with E-state index < -0.39 is 0 Å². The lowest BCUT2D eigenvalue weighted by molar-refractivity contribution is -0.138. The molecule has 0 aromatic carbocycles. The van der Waals surface area contributed by atoms with Gasteiger partial charge in [0.2, 0.25) is 0 Å². The minimum Gasteiger partial charge on any atom is -0.462 e. The summed E-state index contributed by atoms with van der Waals surface area (Å²) in [7, 11) is 0.143. The van der Waals surface area contributed by atoms with Crippen molar-refractivity contribution in [1.29, 1.82) is 0 Å². The molecular formula is C19H33O2P. The molecule has 2 fully saturated rings. The summed E-state index contributed by atoms with van der Waals surface area (Å²) in [4.78, 5) is 11.5. The normalized spacial score (nSPS) is 21.0. The van der Waals surface area contributed by atoms with Gasteiger partial charge in [-0.05, 0) is 56.5 Å². The Balaban J connectivity index is 1.81. The summed E-state index contributed by atoms with van der Waals surface area (Å²) in [5, 5.41) is 0. The second kappa shape index (κ2) is 9.71. The van der Waals surface area contributed by atoms with Gasteiger partial charge in [-0.25, -0.2) is 4.79 Å². The molecule has 3 heteroatoms. The Kier molecular flexibility index (Phi) is 7.94. The van der Waals surface area contributed by atoms with E-state index in [1.807, 2.05) is 0 Å². The van der Waals surface area contributed by atoms with Crippen LogP contribution in [0.5, 0.6) is 0 Å². The molecule has 0 radical (unpaired) electrons. The smallest absolute Gasteiger partial charge is 0.333 e. The van der Waals surface area contributed by atoms with Crippen LogP contribution >= 0.6 is 7.92 Å². The fraction of sp³-hybridized carbons (Fsp3) is 0.842. The van der Waals surface area contributed by atoms with Crippen molar-refractivity contribution < 1.29 is 9.53 Å². The molecule has 0 amide bonds. The van der Waals surface area contributed by atoms with Crippen molar-refractivity contribution >= 4 is 13.9 Å². The number of carbonyl (C=O) groups excluding carboxylic acids is 1. The van der Waals surface area contributed by atoms with Gasteiger partial charge in [-0.15, -0.1) is 7.92 Å². The third-order valence-electron chi connectivity index (χ3n) is 5.23. The second-order valence-corrected chi connectivity index (χ2v) is 10.0. The Morgan fingerprint density at radius 1 is 1.00 bits per heavy atom. The average Bonchev–Trinajstić information content (AvgIpc) is 2.56. The molecule has 0 aliphatic heterocycles. The maximum Gasteiger partial charge on any atom is 0.333 e. The summed E-state index contributed by atoms with van der Waals surface area (Å²) in [6.45, 7) is 5.95. The van der Waals surface area contributed by atoms with Crippen LogP contribution in [-0.4, -0.2) is 30.1 Å². The van der Waals surface area contributed by atoms with Gasteiger partial charge in [0, 0.05) is 5.57 Å². The molecule has 126 valence electrons. The summed E-state index contributed by atoms with van der Waals surface area (Å²) in [5.74, 6) is -0.223. The van der Waals surface area contributed by atoms with Crippen molar-refractivity contribution in [2.24, 2.45) is 0 Å². The minimum atomic E-state index is -0.223. The summed E-state index contributed by atoms with van der Waals surface area (Å²) in [6, 6.07) is 0. The van der Waals surface area contributed by atoms with Crippen LogP contribution in [-0.2, 0) is 9.53 Å². The van der Waals surface area contributed by atoms with Gasteiger partial charge in [-0.2, -0.15) is 0 Å². The Morgan fingerprint density at radius 3 is 1.95 bits per heavy atom. The highest BCUT2D eigenvalue weighted by molar-refractivity contribution is 7.59. The van der Waals surface area contributed by atoms with Crippen molar-refractivity contribution in [3.8, 4) is 0 Å². The zero-order chi connectivity index (χ0) is 15.8. The number of ether oxygens (including phenoxy) is 1. The quantitative estimate of drug-likeness (QED) is 0.262. The lowest BCUT2D eigenvalue weighted by atomic mass is 9.99. The van der Waals surface area contributed by atoms with E-state index in [0.717, 1.165) is 17.7 Å². The number of hydrogen-bond donors (Lipinski definition) is 0. The molecule has 2 aliphatic carbocycles. The first kappa shape index (κ1) is 18.0. The molecule has 0 spiro atoms. The first-order chi connectivity index (χ1) is 10.7. The van der Waals surface area contributed by atoms with Crippen LogP contribution in [0.2, 0.25) is 0 Å². The van der Waals surface area contributed by atoms with Gasteiger partial charge in [-0.3, -0.25) is 0 Å². The maximum atomic E-state index is 11.5. The molecule has 0 bridgehead atoms. The van der Waals surface area contributed by atoms with E-state index in [2.05, 4.69) is 6.58 Å². The van der Waals surface area contributed by atoms with Gasteiger partial charge in [-0.1, -0.05) is 45.1 Å². The molecule has 0 atom stereocenters. The summed E-state index contributed by atoms with van der Waals surface area (Å²) in [5.41, 5.74) is 2.52. The fourth-order valence-electron chi connectivity index (χ4n) is 4.02. The van der Waals surface area contributed by atoms with E-state index in [4.69, 9.17) is 4.74 Å². The SMILES string of the molecule is C=C(C)C(=O)OCCCP(C1CCCCC1)C1CCCCC1. The first-order valence-electron chi connectivity index (χ1n) is 9.27. The number of hydrogen-bond acceptors (Lipinski definition) is 2. The highest BCUT2D eigenvalue weighted by atomic mass is 31.1. The van der Waals surface area contributed by atoms with Gasteiger partial charge >= 0.3 is 5.97 Å². The van der Waals surface area contributed by atoms with Crippen LogP contribution in [0.1, 0.15) is 77.6 Å². The Bertz CT molecular complexity index is 336. The first-order valence-corrected chi connectivity index (χ1v) is 10.9. The summed E-state index contributed by atoms with van der Waals surface area (Å²) in [6.07, 6.45) is 16.9. The molecule has 0 unspecified atom stereocenters. The van der Waals surface area contributed by atoms with Crippen molar-refractivity contribution in [1.82, 2.24) is 0 Å². The van der Waals surface area contributed by atoms with Gasteiger partial charge in [0.15, 0.2) is 0 Å². The van der Waals surface area contributed by atoms with E-state index >= 15 is 0 Å². The van der Waals surface area contributed by atoms with Crippen molar-refractivity contribution in [3.63, 3.8) is 0 Å². The second-order valence-electron chi connectivity index (χ2n) is 7.09. The number of esters is 1. The predicted octanol–water partition coefficient (Wildman–Crippen LogP) is 5.64. The van der Waals surface area contributed by atoms with E-state index in [0.29, 0.717) is 12.2 Å². The third kappa shape index (κ3) is 5.69. The van der Waals surface area contributed by atoms with E-state index in [9.17, 15) is 4.79 Å². The number of rotatable bonds is 7. The fourth-order valence-corrected chi connectivity index (χ4v) is 7.90. The standard InChI is InChI=1S/C19H33O2P/c1-16(2)19(20)21-14-9-15-22(17-10-5-3-6-11-17)18-12-7-4-8-13-18/h17-18H,1,3-15H2,2H3. The maximum absolute atomic E-state index is 11.5. The monoisotopic (exact) mass is 324 g/mol. The summed E-state index contributed by atoms with van der Waals surface area (Å²) < 4.78 is 5.30. The molecular weight excluding hydrogens is 291 g/mol. The van der Waals surface area contributed by atoms with Crippen molar-refractivity contribution in [2.75, 3.05) is 12.8 Å². The van der Waals surface area contributed by atoms with E-state index in [1.165, 1.54) is 70.4 Å². The zero-order valence-electron chi connectivity index (χ0n) is 14.3. The summed E-state index contributed by atoms with van der Waals surface area (Å²) >= 11 is 0. The van der Waals surface area contributed by atoms with Gasteiger partial charge in [0.25, 0.3) is 0 Å². The topological polar surface area (TPSA) is 26.3 Å². The number of carbonyl (C=O) groups is 1. The van der Waals surface area contributed by atoms with Crippen LogP contribution in [0.4, 0.5) is 0 Å². The van der Waals surface area contributed by atoms with Crippen molar-refractivity contribution in [2.45, 2.75) is 88.9 Å². The van der Waals surface area contributed by atoms with Gasteiger partial charge in [0.1, 0.15) is 0 Å². The lowest BCUT2D eigenvalue weighted by Crippen LogP contribution is -2.22. The molecule has 2 rings (SSSR count). The highest BCUT2D eigenvalue weighted by Crippen LogP contribution is 2.55. The molecule has 2 aliphatic rings. The van der Waals surface area contributed by atoms with Crippen molar-refractivity contribution in [3.05, 3.63) is 12.2 Å². The van der Waals surface area contributed by atoms with Crippen LogP contribution in [0, 0.1) is 0 Å². The Morgan fingerprint density at radius 2 is 1.50 bits per heavy atom. The van der Waals surface area contributed by atoms with E-state index in [-0.39, 0.29) is 13.9 Å². The minimum absolute atomic E-state index is 0.143. The largest absolute Gasteiger partial charge is 0.462 e. The third-order valence-corrected chi connectivity index (χ3v) is 8.97. The molecule has 0 saturated heterocycles.